The highest BCUT2D eigenvalue weighted by Crippen LogP contribution is 2.62. The summed E-state index contributed by atoms with van der Waals surface area (Å²) in [5.41, 5.74) is 0.353. The molecule has 3 heteroatoms. The molecule has 0 spiro atoms. The van der Waals surface area contributed by atoms with Crippen LogP contribution in [-0.2, 0) is 6.42 Å². The van der Waals surface area contributed by atoms with Crippen LogP contribution in [0.25, 0.3) is 0 Å². The maximum atomic E-state index is 11.2. The molecular formula is C21H32O3. The zero-order valence-electron chi connectivity index (χ0n) is 15.5. The number of fused-ring (bicyclic) bond motifs is 1. The molecule has 3 rings (SSSR count). The van der Waals surface area contributed by atoms with E-state index in [1.165, 1.54) is 18.9 Å². The van der Waals surface area contributed by atoms with Crippen LogP contribution in [0.5, 0.6) is 11.5 Å². The van der Waals surface area contributed by atoms with Crippen LogP contribution in [0.15, 0.2) is 18.2 Å². The summed E-state index contributed by atoms with van der Waals surface area (Å²) in [6.07, 6.45) is 6.05. The molecule has 2 saturated carbocycles. The van der Waals surface area contributed by atoms with Crippen LogP contribution in [0.1, 0.15) is 65.4 Å². The van der Waals surface area contributed by atoms with Crippen LogP contribution in [0.4, 0.5) is 0 Å². The standard InChI is InChI=1S/C21H32O3/c1-19(2)9-5-10-20(3)17(19)8-11-21(4,24)18(20)13-14-12-15(22)6-7-16(14)23/h6-7,12,17-18,22-24H,5,8-11,13H2,1-4H3/t17-,18+,20-,21+/m1/s1. The van der Waals surface area contributed by atoms with Crippen molar-refractivity contribution in [3.63, 3.8) is 0 Å². The van der Waals surface area contributed by atoms with E-state index in [0.717, 1.165) is 24.8 Å². The summed E-state index contributed by atoms with van der Waals surface area (Å²) in [5, 5.41) is 31.2. The Morgan fingerprint density at radius 2 is 1.75 bits per heavy atom. The van der Waals surface area contributed by atoms with Crippen molar-refractivity contribution in [2.45, 2.75) is 71.8 Å². The second-order valence-corrected chi connectivity index (χ2v) is 9.37. The van der Waals surface area contributed by atoms with Crippen LogP contribution in [0.3, 0.4) is 0 Å². The molecule has 0 unspecified atom stereocenters. The Hall–Kier alpha value is -1.22. The first-order chi connectivity index (χ1) is 11.1. The van der Waals surface area contributed by atoms with E-state index in [2.05, 4.69) is 20.8 Å². The van der Waals surface area contributed by atoms with E-state index in [1.54, 1.807) is 12.1 Å². The monoisotopic (exact) mass is 332 g/mol. The van der Waals surface area contributed by atoms with Gasteiger partial charge in [-0.25, -0.2) is 0 Å². The molecule has 2 fully saturated rings. The molecule has 0 aromatic heterocycles. The Kier molecular flexibility index (Phi) is 4.15. The molecule has 0 saturated heterocycles. The van der Waals surface area contributed by atoms with E-state index < -0.39 is 5.60 Å². The summed E-state index contributed by atoms with van der Waals surface area (Å²) in [6.45, 7) is 9.05. The first-order valence-corrected chi connectivity index (χ1v) is 9.29. The van der Waals surface area contributed by atoms with E-state index >= 15 is 0 Å². The maximum Gasteiger partial charge on any atom is 0.119 e. The summed E-state index contributed by atoms with van der Waals surface area (Å²) >= 11 is 0. The van der Waals surface area contributed by atoms with Crippen LogP contribution in [0, 0.1) is 22.7 Å². The van der Waals surface area contributed by atoms with Crippen molar-refractivity contribution in [1.82, 2.24) is 0 Å². The summed E-state index contributed by atoms with van der Waals surface area (Å²) < 4.78 is 0. The number of phenolic OH excluding ortho intramolecular Hbond substituents is 2. The van der Waals surface area contributed by atoms with Gasteiger partial charge in [0.25, 0.3) is 0 Å². The molecule has 0 amide bonds. The number of hydrogen-bond acceptors (Lipinski definition) is 3. The van der Waals surface area contributed by atoms with Crippen LogP contribution in [-0.4, -0.2) is 20.9 Å². The molecule has 0 heterocycles. The highest BCUT2D eigenvalue weighted by Gasteiger charge is 2.57. The van der Waals surface area contributed by atoms with Crippen molar-refractivity contribution in [1.29, 1.82) is 0 Å². The van der Waals surface area contributed by atoms with Gasteiger partial charge in [0.1, 0.15) is 11.5 Å². The number of hydrogen-bond donors (Lipinski definition) is 3. The highest BCUT2D eigenvalue weighted by atomic mass is 16.3. The minimum absolute atomic E-state index is 0.0569. The molecule has 4 atom stereocenters. The maximum absolute atomic E-state index is 11.2. The molecule has 3 N–H and O–H groups in total. The fourth-order valence-corrected chi connectivity index (χ4v) is 6.03. The lowest BCUT2D eigenvalue weighted by molar-refractivity contribution is -0.166. The van der Waals surface area contributed by atoms with Crippen molar-refractivity contribution in [3.05, 3.63) is 23.8 Å². The third-order valence-electron chi connectivity index (χ3n) is 7.25. The zero-order valence-corrected chi connectivity index (χ0v) is 15.5. The fourth-order valence-electron chi connectivity index (χ4n) is 6.03. The predicted molar refractivity (Wildman–Crippen MR) is 96.1 cm³/mol. The average Bonchev–Trinajstić information content (AvgIpc) is 2.45. The molecule has 0 aliphatic heterocycles. The van der Waals surface area contributed by atoms with E-state index in [1.807, 2.05) is 6.92 Å². The molecule has 134 valence electrons. The summed E-state index contributed by atoms with van der Waals surface area (Å²) in [4.78, 5) is 0. The van der Waals surface area contributed by atoms with Gasteiger partial charge in [-0.1, -0.05) is 27.2 Å². The quantitative estimate of drug-likeness (QED) is 0.692. The third kappa shape index (κ3) is 2.81. The molecule has 0 bridgehead atoms. The van der Waals surface area contributed by atoms with E-state index in [4.69, 9.17) is 0 Å². The normalized spacial score (nSPS) is 38.5. The van der Waals surface area contributed by atoms with Gasteiger partial charge < -0.3 is 15.3 Å². The molecule has 2 aliphatic carbocycles. The Labute approximate surface area is 145 Å². The molecule has 24 heavy (non-hydrogen) atoms. The van der Waals surface area contributed by atoms with Gasteiger partial charge in [0, 0.05) is 0 Å². The topological polar surface area (TPSA) is 60.7 Å². The minimum Gasteiger partial charge on any atom is -0.508 e. The highest BCUT2D eigenvalue weighted by molar-refractivity contribution is 5.39. The molecule has 0 radical (unpaired) electrons. The van der Waals surface area contributed by atoms with Crippen molar-refractivity contribution < 1.29 is 15.3 Å². The van der Waals surface area contributed by atoms with Crippen LogP contribution < -0.4 is 0 Å². The van der Waals surface area contributed by atoms with E-state index in [-0.39, 0.29) is 22.8 Å². The summed E-state index contributed by atoms with van der Waals surface area (Å²) in [6, 6.07) is 4.70. The lowest BCUT2D eigenvalue weighted by Gasteiger charge is -2.61. The van der Waals surface area contributed by atoms with Gasteiger partial charge in [-0.15, -0.1) is 0 Å². The van der Waals surface area contributed by atoms with Gasteiger partial charge in [-0.05, 0) is 85.5 Å². The molecule has 1 aromatic rings. The molecule has 2 aliphatic rings. The largest absolute Gasteiger partial charge is 0.508 e. The lowest BCUT2D eigenvalue weighted by atomic mass is 9.45. The second-order valence-electron chi connectivity index (χ2n) is 9.37. The number of rotatable bonds is 2. The summed E-state index contributed by atoms with van der Waals surface area (Å²) in [5.74, 6) is 1.05. The Balaban J connectivity index is 2.00. The van der Waals surface area contributed by atoms with Crippen molar-refractivity contribution in [2.24, 2.45) is 22.7 Å². The lowest BCUT2D eigenvalue weighted by Crippen LogP contribution is -2.58. The minimum atomic E-state index is -0.740. The first kappa shape index (κ1) is 17.6. The number of phenols is 2. The van der Waals surface area contributed by atoms with Crippen LogP contribution >= 0.6 is 0 Å². The first-order valence-electron chi connectivity index (χ1n) is 9.29. The van der Waals surface area contributed by atoms with Gasteiger partial charge in [-0.3, -0.25) is 0 Å². The number of aliphatic hydroxyl groups is 1. The van der Waals surface area contributed by atoms with E-state index in [0.29, 0.717) is 17.8 Å². The second kappa shape index (κ2) is 5.66. The molecule has 1 aromatic carbocycles. The zero-order chi connectivity index (χ0) is 17.8. The molecular weight excluding hydrogens is 300 g/mol. The van der Waals surface area contributed by atoms with Gasteiger partial charge in [0.15, 0.2) is 0 Å². The Morgan fingerprint density at radius 1 is 1.04 bits per heavy atom. The predicted octanol–water partition coefficient (Wildman–Crippen LogP) is 4.63. The SMILES string of the molecule is CC1(C)CCC[C@]2(C)[C@@H]1CC[C@](C)(O)[C@H]2Cc1cc(O)ccc1O. The third-order valence-corrected chi connectivity index (χ3v) is 7.25. The van der Waals surface area contributed by atoms with Gasteiger partial charge >= 0.3 is 0 Å². The van der Waals surface area contributed by atoms with Crippen molar-refractivity contribution in [2.75, 3.05) is 0 Å². The summed E-state index contributed by atoms with van der Waals surface area (Å²) in [7, 11) is 0. The Bertz CT molecular complexity index is 620. The van der Waals surface area contributed by atoms with E-state index in [9.17, 15) is 15.3 Å². The van der Waals surface area contributed by atoms with Crippen molar-refractivity contribution in [3.8, 4) is 11.5 Å². The van der Waals surface area contributed by atoms with Gasteiger partial charge in [-0.2, -0.15) is 0 Å². The van der Waals surface area contributed by atoms with Crippen LogP contribution in [0.2, 0.25) is 0 Å². The number of aromatic hydroxyl groups is 2. The fraction of sp³-hybridized carbons (Fsp3) is 0.714. The van der Waals surface area contributed by atoms with Crippen molar-refractivity contribution >= 4 is 0 Å². The van der Waals surface area contributed by atoms with Gasteiger partial charge in [0.2, 0.25) is 0 Å². The molecule has 3 nitrogen and oxygen atoms in total. The smallest absolute Gasteiger partial charge is 0.119 e. The number of benzene rings is 1. The average molecular weight is 332 g/mol. The van der Waals surface area contributed by atoms with Gasteiger partial charge in [0.05, 0.1) is 5.60 Å². The Morgan fingerprint density at radius 3 is 2.46 bits per heavy atom.